The fourth-order valence-electron chi connectivity index (χ4n) is 1.11. The summed E-state index contributed by atoms with van der Waals surface area (Å²) in [5.74, 6) is -2.13. The Morgan fingerprint density at radius 3 is 2.67 bits per heavy atom. The number of carbonyl (C=O) groups excluding carboxylic acids is 1. The molecule has 0 aliphatic rings. The molecule has 0 atom stereocenters. The van der Waals surface area contributed by atoms with Gasteiger partial charge in [-0.3, -0.25) is 4.79 Å². The van der Waals surface area contributed by atoms with Crippen LogP contribution in [0, 0.1) is 11.6 Å². The summed E-state index contributed by atoms with van der Waals surface area (Å²) in [5.41, 5.74) is 5.14. The molecule has 0 aliphatic carbocycles. The lowest BCUT2D eigenvalue weighted by atomic mass is 10.1. The van der Waals surface area contributed by atoms with Crippen LogP contribution in [-0.2, 0) is 4.79 Å². The number of amides is 1. The van der Waals surface area contributed by atoms with Gasteiger partial charge in [-0.05, 0) is 26.0 Å². The number of halogens is 2. The van der Waals surface area contributed by atoms with Crippen molar-refractivity contribution in [2.24, 2.45) is 5.73 Å². The largest absolute Gasteiger partial charge is 0.481 e. The number of hydrogen-bond donors (Lipinski definition) is 2. The normalized spacial score (nSPS) is 11.2. The minimum Gasteiger partial charge on any atom is -0.481 e. The van der Waals surface area contributed by atoms with Crippen molar-refractivity contribution in [3.05, 3.63) is 29.8 Å². The highest BCUT2D eigenvalue weighted by Crippen LogP contribution is 2.17. The van der Waals surface area contributed by atoms with Crippen LogP contribution < -0.4 is 15.8 Å². The molecule has 0 spiro atoms. The highest BCUT2D eigenvalue weighted by Gasteiger charge is 2.13. The molecule has 3 N–H and O–H groups in total. The molecule has 18 heavy (non-hydrogen) atoms. The Bertz CT molecular complexity index is 431. The second kappa shape index (κ2) is 5.77. The predicted octanol–water partition coefficient (Wildman–Crippen LogP) is 1.20. The number of nitrogens with two attached hydrogens (primary N) is 1. The zero-order valence-electron chi connectivity index (χ0n) is 10.3. The molecule has 1 amide bonds. The number of nitrogens with one attached hydrogen (secondary N) is 1. The van der Waals surface area contributed by atoms with Crippen LogP contribution in [-0.4, -0.2) is 24.6 Å². The second-order valence-corrected chi connectivity index (χ2v) is 4.63. The molecule has 0 unspecified atom stereocenters. The van der Waals surface area contributed by atoms with Crippen LogP contribution in [0.1, 0.15) is 13.8 Å². The Morgan fingerprint density at radius 2 is 2.11 bits per heavy atom. The van der Waals surface area contributed by atoms with E-state index in [2.05, 4.69) is 5.32 Å². The molecule has 0 aliphatic heterocycles. The summed E-state index contributed by atoms with van der Waals surface area (Å²) in [7, 11) is 0. The van der Waals surface area contributed by atoms with Gasteiger partial charge in [-0.25, -0.2) is 8.78 Å². The molecule has 0 radical (unpaired) electrons. The lowest BCUT2D eigenvalue weighted by Crippen LogP contribution is -2.46. The Kier molecular flexibility index (Phi) is 4.61. The van der Waals surface area contributed by atoms with Gasteiger partial charge in [-0.1, -0.05) is 0 Å². The van der Waals surface area contributed by atoms with Gasteiger partial charge in [0.25, 0.3) is 5.91 Å². The van der Waals surface area contributed by atoms with E-state index in [0.29, 0.717) is 6.07 Å². The maximum atomic E-state index is 13.2. The van der Waals surface area contributed by atoms with E-state index in [-0.39, 0.29) is 18.9 Å². The van der Waals surface area contributed by atoms with E-state index in [1.165, 1.54) is 0 Å². The van der Waals surface area contributed by atoms with E-state index in [0.717, 1.165) is 12.1 Å². The van der Waals surface area contributed by atoms with Crippen LogP contribution in [0.4, 0.5) is 8.78 Å². The standard InChI is InChI=1S/C12H16F2N2O2/c1-12(2,15)7-16-11(17)6-18-10-4-3-8(13)5-9(10)14/h3-5H,6-7,15H2,1-2H3,(H,16,17). The van der Waals surface area contributed by atoms with E-state index in [4.69, 9.17) is 10.5 Å². The highest BCUT2D eigenvalue weighted by molar-refractivity contribution is 5.77. The van der Waals surface area contributed by atoms with Gasteiger partial charge in [-0.2, -0.15) is 0 Å². The minimum atomic E-state index is -0.845. The van der Waals surface area contributed by atoms with Crippen molar-refractivity contribution in [2.45, 2.75) is 19.4 Å². The third-order valence-corrected chi connectivity index (χ3v) is 1.99. The van der Waals surface area contributed by atoms with Crippen LogP contribution in [0.3, 0.4) is 0 Å². The zero-order chi connectivity index (χ0) is 13.8. The van der Waals surface area contributed by atoms with Crippen molar-refractivity contribution in [3.63, 3.8) is 0 Å². The van der Waals surface area contributed by atoms with Crippen molar-refractivity contribution in [1.82, 2.24) is 5.32 Å². The van der Waals surface area contributed by atoms with Gasteiger partial charge in [0.1, 0.15) is 5.82 Å². The van der Waals surface area contributed by atoms with Crippen molar-refractivity contribution >= 4 is 5.91 Å². The molecule has 4 nitrogen and oxygen atoms in total. The number of benzene rings is 1. The van der Waals surface area contributed by atoms with Gasteiger partial charge >= 0.3 is 0 Å². The van der Waals surface area contributed by atoms with E-state index in [9.17, 15) is 13.6 Å². The van der Waals surface area contributed by atoms with Gasteiger partial charge in [0, 0.05) is 18.2 Å². The fourth-order valence-corrected chi connectivity index (χ4v) is 1.11. The maximum absolute atomic E-state index is 13.2. The Labute approximate surface area is 104 Å². The quantitative estimate of drug-likeness (QED) is 0.834. The van der Waals surface area contributed by atoms with Crippen LogP contribution in [0.15, 0.2) is 18.2 Å². The first-order valence-electron chi connectivity index (χ1n) is 5.41. The summed E-state index contributed by atoms with van der Waals surface area (Å²) in [6, 6.07) is 2.88. The average molecular weight is 258 g/mol. The van der Waals surface area contributed by atoms with Crippen molar-refractivity contribution in [1.29, 1.82) is 0 Å². The second-order valence-electron chi connectivity index (χ2n) is 4.63. The molecule has 1 aromatic rings. The monoisotopic (exact) mass is 258 g/mol. The molecule has 6 heteroatoms. The average Bonchev–Trinajstić information content (AvgIpc) is 2.24. The van der Waals surface area contributed by atoms with E-state index in [1.807, 2.05) is 0 Å². The van der Waals surface area contributed by atoms with Crippen molar-refractivity contribution in [2.75, 3.05) is 13.2 Å². The summed E-state index contributed by atoms with van der Waals surface area (Å²) in [5, 5.41) is 2.54. The summed E-state index contributed by atoms with van der Waals surface area (Å²) >= 11 is 0. The summed E-state index contributed by atoms with van der Waals surface area (Å²) in [6.45, 7) is 3.45. The van der Waals surface area contributed by atoms with Crippen molar-refractivity contribution < 1.29 is 18.3 Å². The van der Waals surface area contributed by atoms with Crippen LogP contribution in [0.25, 0.3) is 0 Å². The summed E-state index contributed by atoms with van der Waals surface area (Å²) in [6.07, 6.45) is 0. The summed E-state index contributed by atoms with van der Waals surface area (Å²) in [4.78, 5) is 11.4. The third-order valence-electron chi connectivity index (χ3n) is 1.99. The lowest BCUT2D eigenvalue weighted by molar-refractivity contribution is -0.123. The molecule has 0 aromatic heterocycles. The number of hydrogen-bond acceptors (Lipinski definition) is 3. The Balaban J connectivity index is 2.43. The number of carbonyl (C=O) groups is 1. The first-order valence-corrected chi connectivity index (χ1v) is 5.41. The van der Waals surface area contributed by atoms with Crippen molar-refractivity contribution in [3.8, 4) is 5.75 Å². The lowest BCUT2D eigenvalue weighted by Gasteiger charge is -2.18. The zero-order valence-corrected chi connectivity index (χ0v) is 10.3. The number of ether oxygens (including phenoxy) is 1. The maximum Gasteiger partial charge on any atom is 0.258 e. The molecule has 0 saturated carbocycles. The molecule has 0 bridgehead atoms. The number of rotatable bonds is 5. The van der Waals surface area contributed by atoms with E-state index in [1.54, 1.807) is 13.8 Å². The summed E-state index contributed by atoms with van der Waals surface area (Å²) < 4.78 is 30.7. The van der Waals surface area contributed by atoms with Gasteiger partial charge in [0.15, 0.2) is 18.2 Å². The fraction of sp³-hybridized carbons (Fsp3) is 0.417. The van der Waals surface area contributed by atoms with Gasteiger partial charge in [0.2, 0.25) is 0 Å². The van der Waals surface area contributed by atoms with E-state index < -0.39 is 23.1 Å². The van der Waals surface area contributed by atoms with Gasteiger partial charge in [0.05, 0.1) is 0 Å². The topological polar surface area (TPSA) is 64.3 Å². The third kappa shape index (κ3) is 5.09. The highest BCUT2D eigenvalue weighted by atomic mass is 19.1. The van der Waals surface area contributed by atoms with Crippen LogP contribution >= 0.6 is 0 Å². The van der Waals surface area contributed by atoms with Gasteiger partial charge in [-0.15, -0.1) is 0 Å². The SMILES string of the molecule is CC(C)(N)CNC(=O)COc1ccc(F)cc1F. The van der Waals surface area contributed by atoms with E-state index >= 15 is 0 Å². The molecule has 100 valence electrons. The smallest absolute Gasteiger partial charge is 0.258 e. The van der Waals surface area contributed by atoms with Crippen LogP contribution in [0.2, 0.25) is 0 Å². The Hall–Kier alpha value is -1.69. The first-order chi connectivity index (χ1) is 8.28. The first kappa shape index (κ1) is 14.4. The Morgan fingerprint density at radius 1 is 1.44 bits per heavy atom. The molecular weight excluding hydrogens is 242 g/mol. The molecule has 0 fully saturated rings. The molecular formula is C12H16F2N2O2. The predicted molar refractivity (Wildman–Crippen MR) is 63.1 cm³/mol. The molecule has 1 aromatic carbocycles. The molecule has 0 saturated heterocycles. The molecule has 1 rings (SSSR count). The van der Waals surface area contributed by atoms with Gasteiger partial charge < -0.3 is 15.8 Å². The van der Waals surface area contributed by atoms with Crippen LogP contribution in [0.5, 0.6) is 5.75 Å². The molecule has 0 heterocycles. The minimum absolute atomic E-state index is 0.168.